The van der Waals surface area contributed by atoms with Crippen LogP contribution in [0.3, 0.4) is 0 Å². The molecule has 1 aromatic heterocycles. The second-order valence-corrected chi connectivity index (χ2v) is 8.58. The van der Waals surface area contributed by atoms with Gasteiger partial charge in [-0.15, -0.1) is 20.5 Å². The monoisotopic (exact) mass is 646 g/mol. The second-order valence-electron chi connectivity index (χ2n) is 7.07. The van der Waals surface area contributed by atoms with E-state index in [1.54, 1.807) is 0 Å². The average molecular weight is 647 g/mol. The highest BCUT2D eigenvalue weighted by atomic mass is 35.7. The van der Waals surface area contributed by atoms with E-state index < -0.39 is 20.5 Å². The summed E-state index contributed by atoms with van der Waals surface area (Å²) >= 11 is 0. The van der Waals surface area contributed by atoms with Crippen LogP contribution in [0.15, 0.2) is 24.5 Å². The van der Waals surface area contributed by atoms with Crippen LogP contribution in [0.5, 0.6) is 0 Å². The molecule has 0 spiro atoms. The van der Waals surface area contributed by atoms with Crippen molar-refractivity contribution in [3.8, 4) is 0 Å². The highest BCUT2D eigenvalue weighted by Crippen LogP contribution is 1.87. The Labute approximate surface area is 242 Å². The highest BCUT2D eigenvalue weighted by molar-refractivity contribution is 5.17. The third-order valence-electron chi connectivity index (χ3n) is 3.75. The molecular formula is C21H40Cl2N2O16. The molecule has 0 bridgehead atoms. The maximum Gasteiger partial charge on any atom is 0.228 e. The molecule has 0 aromatic carbocycles. The number of quaternary nitrogens is 1. The smallest absolute Gasteiger partial charge is 0.228 e. The molecule has 0 amide bonds. The van der Waals surface area contributed by atoms with Gasteiger partial charge in [0.1, 0.15) is 0 Å². The van der Waals surface area contributed by atoms with Crippen LogP contribution in [0.2, 0.25) is 0 Å². The molecule has 0 saturated carbocycles. The molecule has 18 nitrogen and oxygen atoms in total. The molecule has 3 heterocycles. The van der Waals surface area contributed by atoms with Crippen molar-refractivity contribution >= 4 is 5.69 Å². The maximum absolute atomic E-state index is 8.49. The number of pyridine rings is 1. The molecule has 2 aliphatic heterocycles. The number of hydrogen-bond donors (Lipinski definition) is 1. The quantitative estimate of drug-likeness (QED) is 0.273. The summed E-state index contributed by atoms with van der Waals surface area (Å²) in [5.74, 6) is 0. The number of aromatic nitrogens is 1. The number of rotatable bonds is 0. The lowest BCUT2D eigenvalue weighted by Crippen LogP contribution is -2.68. The van der Waals surface area contributed by atoms with Crippen LogP contribution in [-0.2, 0) is 37.9 Å². The van der Waals surface area contributed by atoms with Gasteiger partial charge in [0, 0.05) is 12.1 Å². The fraction of sp³-hybridized carbons (Fsp3) is 0.762. The van der Waals surface area contributed by atoms with Crippen molar-refractivity contribution in [3.05, 3.63) is 24.5 Å². The maximum atomic E-state index is 8.49. The summed E-state index contributed by atoms with van der Waals surface area (Å²) in [5, 5.41) is 0. The number of aromatic amines is 1. The molecule has 0 aliphatic carbocycles. The Morgan fingerprint density at radius 3 is 0.756 bits per heavy atom. The van der Waals surface area contributed by atoms with Gasteiger partial charge in [0.2, 0.25) is 6.20 Å². The summed E-state index contributed by atoms with van der Waals surface area (Å²) < 4.78 is 110. The molecule has 2 fully saturated rings. The minimum absolute atomic E-state index is 0.642. The third-order valence-corrected chi connectivity index (χ3v) is 3.75. The summed E-state index contributed by atoms with van der Waals surface area (Å²) in [6.07, 6.45) is 3.70. The van der Waals surface area contributed by atoms with E-state index in [0.29, 0.717) is 106 Å². The fourth-order valence-corrected chi connectivity index (χ4v) is 2.19. The molecule has 2 aliphatic rings. The largest absolute Gasteiger partial charge is 0.377 e. The fourth-order valence-electron chi connectivity index (χ4n) is 2.19. The molecule has 244 valence electrons. The first-order valence-corrected chi connectivity index (χ1v) is 14.5. The third kappa shape index (κ3) is 55.6. The first-order chi connectivity index (χ1) is 19.4. The van der Waals surface area contributed by atoms with Crippen LogP contribution in [0.1, 0.15) is 0 Å². The van der Waals surface area contributed by atoms with E-state index in [2.05, 4.69) is 10.7 Å². The number of nitrogens with one attached hydrogen (secondary N) is 1. The summed E-state index contributed by atoms with van der Waals surface area (Å²) in [5.41, 5.74) is 4.71. The Bertz CT molecular complexity index is 510. The number of ether oxygens (including phenoxy) is 8. The predicted octanol–water partition coefficient (Wildman–Crippen LogP) is -10.0. The highest BCUT2D eigenvalue weighted by Gasteiger charge is 1.96. The van der Waals surface area contributed by atoms with E-state index in [4.69, 9.17) is 75.2 Å². The molecule has 0 radical (unpaired) electrons. The van der Waals surface area contributed by atoms with Crippen LogP contribution in [0, 0.1) is 20.5 Å². The van der Waals surface area contributed by atoms with E-state index in [1.165, 1.54) is 0 Å². The average Bonchev–Trinajstić information content (AvgIpc) is 2.84. The van der Waals surface area contributed by atoms with Gasteiger partial charge in [-0.05, 0) is 0 Å². The van der Waals surface area contributed by atoms with Gasteiger partial charge in [0.25, 0.3) is 0 Å². The van der Waals surface area contributed by atoms with Gasteiger partial charge in [-0.25, -0.2) is 42.3 Å². The van der Waals surface area contributed by atoms with Gasteiger partial charge in [-0.1, -0.05) is 0 Å². The van der Waals surface area contributed by atoms with E-state index in [-0.39, 0.29) is 0 Å². The van der Waals surface area contributed by atoms with Gasteiger partial charge in [-0.3, -0.25) is 0 Å². The molecule has 1 aromatic rings. The van der Waals surface area contributed by atoms with Crippen molar-refractivity contribution in [1.82, 2.24) is 0 Å². The number of halogens is 2. The zero-order chi connectivity index (χ0) is 31.1. The van der Waals surface area contributed by atoms with E-state index in [1.807, 2.05) is 24.5 Å². The molecule has 3 rings (SSSR count). The molecule has 0 unspecified atom stereocenters. The SMILES string of the molecule is C1COCCOCCOCCO1.C1COCCOCCOCCO1.[NH3+]c1ccc[nH+]c1.[O-][Cl+3]([O-])([O-])[O-].[O-][Cl+3]([O-])([O-])[O-]. The van der Waals surface area contributed by atoms with Crippen LogP contribution < -0.4 is 48.0 Å². The molecule has 41 heavy (non-hydrogen) atoms. The summed E-state index contributed by atoms with van der Waals surface area (Å²) in [7, 11) is -9.89. The van der Waals surface area contributed by atoms with Crippen molar-refractivity contribution in [2.24, 2.45) is 0 Å². The second kappa shape index (κ2) is 30.5. The van der Waals surface area contributed by atoms with Crippen LogP contribution in [-0.4, -0.2) is 106 Å². The lowest BCUT2D eigenvalue weighted by atomic mass is 10.4. The first kappa shape index (κ1) is 42.2. The Morgan fingerprint density at radius 2 is 0.659 bits per heavy atom. The molecule has 20 heteroatoms. The molecule has 2 saturated heterocycles. The Hall–Kier alpha value is -0.950. The zero-order valence-electron chi connectivity index (χ0n) is 22.6. The molecule has 0 atom stereocenters. The Morgan fingerprint density at radius 1 is 0.463 bits per heavy atom. The molecule has 4 N–H and O–H groups in total. The summed E-state index contributed by atoms with van der Waals surface area (Å²) in [6, 6.07) is 3.86. The summed E-state index contributed by atoms with van der Waals surface area (Å²) in [4.78, 5) is 2.90. The van der Waals surface area contributed by atoms with Crippen molar-refractivity contribution in [2.45, 2.75) is 0 Å². The Kier molecular flexibility index (Phi) is 31.4. The van der Waals surface area contributed by atoms with Crippen molar-refractivity contribution in [3.63, 3.8) is 0 Å². The van der Waals surface area contributed by atoms with Gasteiger partial charge >= 0.3 is 0 Å². The number of hydrogen-bond acceptors (Lipinski definition) is 16. The van der Waals surface area contributed by atoms with E-state index in [0.717, 1.165) is 5.69 Å². The minimum atomic E-state index is -4.94. The van der Waals surface area contributed by atoms with Crippen LogP contribution in [0.4, 0.5) is 5.69 Å². The van der Waals surface area contributed by atoms with Gasteiger partial charge < -0.3 is 43.6 Å². The van der Waals surface area contributed by atoms with Crippen molar-refractivity contribution in [1.29, 1.82) is 0 Å². The van der Waals surface area contributed by atoms with Gasteiger partial charge in [0.05, 0.1) is 106 Å². The lowest BCUT2D eigenvalue weighted by molar-refractivity contribution is -2.00. The predicted molar refractivity (Wildman–Crippen MR) is 112 cm³/mol. The van der Waals surface area contributed by atoms with Gasteiger partial charge in [-0.2, -0.15) is 0 Å². The number of H-pyrrole nitrogens is 1. The lowest BCUT2D eigenvalue weighted by Gasteiger charge is -2.17. The van der Waals surface area contributed by atoms with Crippen LogP contribution >= 0.6 is 0 Å². The topological polar surface area (TPSA) is 300 Å². The standard InChI is InChI=1S/2C8H16O4.C5H6N2.2ClHO4/c2*1-2-10-5-6-12-8-7-11-4-3-9-1;6-5-2-1-3-7-4-5;2*2-1(3,4)5/h2*1-8H2;1-4H,6H2;2*(H,2,3,4,5). The normalized spacial score (nSPS) is 18.5. The van der Waals surface area contributed by atoms with E-state index in [9.17, 15) is 0 Å². The van der Waals surface area contributed by atoms with Crippen LogP contribution in [0.25, 0.3) is 0 Å². The minimum Gasteiger partial charge on any atom is -0.377 e. The Balaban J connectivity index is 0. The first-order valence-electron chi connectivity index (χ1n) is 12.0. The van der Waals surface area contributed by atoms with Gasteiger partial charge in [0.15, 0.2) is 11.9 Å². The zero-order valence-corrected chi connectivity index (χ0v) is 24.1. The van der Waals surface area contributed by atoms with Crippen molar-refractivity contribution < 1.29 is 106 Å². The van der Waals surface area contributed by atoms with E-state index >= 15 is 0 Å². The molecular weight excluding hydrogens is 607 g/mol. The summed E-state index contributed by atoms with van der Waals surface area (Å²) in [6.45, 7) is 10.3. The van der Waals surface area contributed by atoms with Crippen molar-refractivity contribution in [2.75, 3.05) is 106 Å².